The molecular weight excluding hydrogens is 382 g/mol. The van der Waals surface area contributed by atoms with E-state index in [-0.39, 0.29) is 5.41 Å². The number of carbonyl (C=O) groups is 1. The molecule has 0 N–H and O–H groups in total. The molecule has 0 aromatic rings. The highest BCUT2D eigenvalue weighted by atomic mass is 16.5. The second-order valence-electron chi connectivity index (χ2n) is 12.3. The van der Waals surface area contributed by atoms with Gasteiger partial charge in [0.25, 0.3) is 0 Å². The number of hydrogen-bond acceptors (Lipinski definition) is 2. The summed E-state index contributed by atoms with van der Waals surface area (Å²) < 4.78 is 5.33. The molecule has 4 aliphatic rings. The first-order valence-electron chi connectivity index (χ1n) is 13.2. The minimum atomic E-state index is 0.216. The molecule has 3 aliphatic carbocycles. The van der Waals surface area contributed by atoms with Gasteiger partial charge in [0.05, 0.1) is 0 Å². The highest BCUT2D eigenvalue weighted by molar-refractivity contribution is 5.79. The summed E-state index contributed by atoms with van der Waals surface area (Å²) in [6.07, 6.45) is 15.1. The standard InChI is InChI=1S/C28H47NO2/c1-19(18-31-6)8-7-9-20(2)22-11-12-23-21-10-13-25-28(4,17-15-26(30)29(25)5)24(21)14-16-27(22,23)3/h13,19-24H,7-12,14-18H2,1-6H3/t19?,20-,21+,22-,23+,24+,27-,28-/m1/s1. The molecule has 1 amide bonds. The number of carbonyl (C=O) groups excluding carboxylic acids is 1. The molecule has 1 saturated heterocycles. The molecule has 3 fully saturated rings. The van der Waals surface area contributed by atoms with Gasteiger partial charge < -0.3 is 9.64 Å². The molecule has 0 aromatic carbocycles. The van der Waals surface area contributed by atoms with Crippen molar-refractivity contribution in [3.63, 3.8) is 0 Å². The van der Waals surface area contributed by atoms with Crippen molar-refractivity contribution in [1.29, 1.82) is 0 Å². The van der Waals surface area contributed by atoms with Gasteiger partial charge >= 0.3 is 0 Å². The largest absolute Gasteiger partial charge is 0.384 e. The molecule has 0 aromatic heterocycles. The molecule has 176 valence electrons. The maximum absolute atomic E-state index is 12.3. The van der Waals surface area contributed by atoms with E-state index in [9.17, 15) is 4.79 Å². The van der Waals surface area contributed by atoms with Gasteiger partial charge in [0.2, 0.25) is 5.91 Å². The molecule has 1 unspecified atom stereocenters. The molecule has 3 nitrogen and oxygen atoms in total. The number of nitrogens with zero attached hydrogens (tertiary/aromatic N) is 1. The highest BCUT2D eigenvalue weighted by Gasteiger charge is 2.59. The number of methoxy groups -OCH3 is 1. The van der Waals surface area contributed by atoms with Gasteiger partial charge in [-0.3, -0.25) is 4.79 Å². The molecule has 3 heteroatoms. The van der Waals surface area contributed by atoms with Gasteiger partial charge in [-0.05, 0) is 85.9 Å². The maximum atomic E-state index is 12.3. The van der Waals surface area contributed by atoms with Gasteiger partial charge in [-0.1, -0.05) is 46.6 Å². The monoisotopic (exact) mass is 429 g/mol. The van der Waals surface area contributed by atoms with E-state index in [0.29, 0.717) is 17.2 Å². The van der Waals surface area contributed by atoms with E-state index in [1.54, 1.807) is 0 Å². The first kappa shape index (κ1) is 23.3. The lowest BCUT2D eigenvalue weighted by atomic mass is 9.48. The molecule has 1 aliphatic heterocycles. The fraction of sp³-hybridized carbons (Fsp3) is 0.893. The van der Waals surface area contributed by atoms with Crippen LogP contribution < -0.4 is 0 Å². The summed E-state index contributed by atoms with van der Waals surface area (Å²) in [7, 11) is 3.83. The van der Waals surface area contributed by atoms with Crippen LogP contribution in [0.3, 0.4) is 0 Å². The van der Waals surface area contributed by atoms with Crippen LogP contribution >= 0.6 is 0 Å². The Morgan fingerprint density at radius 1 is 1.13 bits per heavy atom. The fourth-order valence-corrected chi connectivity index (χ4v) is 8.91. The fourth-order valence-electron chi connectivity index (χ4n) is 8.91. The average Bonchev–Trinajstić information content (AvgIpc) is 3.08. The quantitative estimate of drug-likeness (QED) is 0.452. The molecule has 1 heterocycles. The van der Waals surface area contributed by atoms with Crippen molar-refractivity contribution < 1.29 is 9.53 Å². The van der Waals surface area contributed by atoms with Crippen molar-refractivity contribution >= 4 is 5.91 Å². The second-order valence-corrected chi connectivity index (χ2v) is 12.3. The molecular formula is C28H47NO2. The molecule has 0 bridgehead atoms. The summed E-state index contributed by atoms with van der Waals surface area (Å²) in [6.45, 7) is 10.9. The topological polar surface area (TPSA) is 29.5 Å². The van der Waals surface area contributed by atoms with Crippen molar-refractivity contribution in [2.75, 3.05) is 20.8 Å². The van der Waals surface area contributed by atoms with Crippen LogP contribution in [0.15, 0.2) is 11.8 Å². The zero-order chi connectivity index (χ0) is 22.4. The van der Waals surface area contributed by atoms with E-state index in [0.717, 1.165) is 49.0 Å². The Morgan fingerprint density at radius 2 is 1.90 bits per heavy atom. The summed E-state index contributed by atoms with van der Waals surface area (Å²) in [5.74, 6) is 5.21. The zero-order valence-corrected chi connectivity index (χ0v) is 21.1. The van der Waals surface area contributed by atoms with Gasteiger partial charge in [0, 0.05) is 38.3 Å². The van der Waals surface area contributed by atoms with Crippen LogP contribution in [-0.2, 0) is 9.53 Å². The Labute approximate surface area is 191 Å². The Hall–Kier alpha value is -0.830. The third-order valence-corrected chi connectivity index (χ3v) is 10.6. The number of ether oxygens (including phenoxy) is 1. The van der Waals surface area contributed by atoms with Crippen molar-refractivity contribution in [1.82, 2.24) is 4.90 Å². The van der Waals surface area contributed by atoms with E-state index in [4.69, 9.17) is 4.74 Å². The van der Waals surface area contributed by atoms with Crippen LogP contribution in [-0.4, -0.2) is 31.6 Å². The molecule has 0 spiro atoms. The number of likely N-dealkylation sites (tertiary alicyclic amines) is 1. The van der Waals surface area contributed by atoms with Crippen molar-refractivity contribution in [2.45, 2.75) is 91.9 Å². The minimum absolute atomic E-state index is 0.216. The van der Waals surface area contributed by atoms with E-state index in [1.807, 2.05) is 19.1 Å². The SMILES string of the molecule is COCC(C)CCC[C@@H](C)[C@H]1CC[C@H]2[C@@H]3CC=C4N(C)C(=O)CC[C@]4(C)[C@H]3CC[C@]12C. The highest BCUT2D eigenvalue weighted by Crippen LogP contribution is 2.67. The van der Waals surface area contributed by atoms with Crippen molar-refractivity contribution in [3.8, 4) is 0 Å². The Balaban J connectivity index is 1.45. The number of amides is 1. The van der Waals surface area contributed by atoms with E-state index >= 15 is 0 Å². The Kier molecular flexibility index (Phi) is 6.65. The van der Waals surface area contributed by atoms with E-state index in [1.165, 1.54) is 57.1 Å². The molecule has 31 heavy (non-hydrogen) atoms. The predicted molar refractivity (Wildman–Crippen MR) is 127 cm³/mol. The summed E-state index contributed by atoms with van der Waals surface area (Å²) in [6, 6.07) is 0. The Bertz CT molecular complexity index is 701. The first-order valence-corrected chi connectivity index (χ1v) is 13.2. The molecule has 8 atom stereocenters. The summed E-state index contributed by atoms with van der Waals surface area (Å²) >= 11 is 0. The van der Waals surface area contributed by atoms with E-state index < -0.39 is 0 Å². The van der Waals surface area contributed by atoms with Gasteiger partial charge in [-0.25, -0.2) is 0 Å². The second kappa shape index (κ2) is 8.84. The van der Waals surface area contributed by atoms with E-state index in [2.05, 4.69) is 33.8 Å². The van der Waals surface area contributed by atoms with Gasteiger partial charge in [-0.2, -0.15) is 0 Å². The lowest BCUT2D eigenvalue weighted by Crippen LogP contribution is -2.53. The van der Waals surface area contributed by atoms with Crippen LogP contribution in [0.4, 0.5) is 0 Å². The zero-order valence-electron chi connectivity index (χ0n) is 21.1. The summed E-state index contributed by atoms with van der Waals surface area (Å²) in [5.41, 5.74) is 2.09. The van der Waals surface area contributed by atoms with Crippen LogP contribution in [0, 0.1) is 46.3 Å². The van der Waals surface area contributed by atoms with Gasteiger partial charge in [0.1, 0.15) is 0 Å². The predicted octanol–water partition coefficient (Wildman–Crippen LogP) is 6.68. The van der Waals surface area contributed by atoms with Crippen molar-refractivity contribution in [3.05, 3.63) is 11.8 Å². The third-order valence-electron chi connectivity index (χ3n) is 10.6. The maximum Gasteiger partial charge on any atom is 0.226 e. The Morgan fingerprint density at radius 3 is 2.65 bits per heavy atom. The lowest BCUT2D eigenvalue weighted by molar-refractivity contribution is -0.136. The molecule has 4 rings (SSSR count). The smallest absolute Gasteiger partial charge is 0.226 e. The lowest BCUT2D eigenvalue weighted by Gasteiger charge is -2.58. The first-order chi connectivity index (χ1) is 14.7. The van der Waals surface area contributed by atoms with Gasteiger partial charge in [-0.15, -0.1) is 0 Å². The van der Waals surface area contributed by atoms with Crippen molar-refractivity contribution in [2.24, 2.45) is 46.3 Å². The summed E-state index contributed by atoms with van der Waals surface area (Å²) in [5, 5.41) is 0. The number of hydrogen-bond donors (Lipinski definition) is 0. The number of rotatable bonds is 7. The van der Waals surface area contributed by atoms with Crippen LogP contribution in [0.25, 0.3) is 0 Å². The third kappa shape index (κ3) is 3.91. The minimum Gasteiger partial charge on any atom is -0.384 e. The van der Waals surface area contributed by atoms with Crippen LogP contribution in [0.1, 0.15) is 91.9 Å². The number of piperidine rings is 1. The number of fused-ring (bicyclic) bond motifs is 5. The van der Waals surface area contributed by atoms with Crippen LogP contribution in [0.2, 0.25) is 0 Å². The molecule has 2 saturated carbocycles. The summed E-state index contributed by atoms with van der Waals surface area (Å²) in [4.78, 5) is 14.3. The normalized spacial score (nSPS) is 41.8. The van der Waals surface area contributed by atoms with Gasteiger partial charge in [0.15, 0.2) is 0 Å². The average molecular weight is 430 g/mol. The number of allylic oxidation sites excluding steroid dienone is 2. The van der Waals surface area contributed by atoms with Crippen LogP contribution in [0.5, 0.6) is 0 Å². The molecule has 0 radical (unpaired) electrons.